The summed E-state index contributed by atoms with van der Waals surface area (Å²) in [4.78, 5) is 24.1. The van der Waals surface area contributed by atoms with E-state index in [0.717, 1.165) is 0 Å². The van der Waals surface area contributed by atoms with Gasteiger partial charge in [0.1, 0.15) is 5.75 Å². The third-order valence-electron chi connectivity index (χ3n) is 3.56. The van der Waals surface area contributed by atoms with E-state index in [0.29, 0.717) is 30.1 Å². The molecule has 0 aromatic heterocycles. The highest BCUT2D eigenvalue weighted by atomic mass is 16.5. The Hall–Kier alpha value is -2.86. The summed E-state index contributed by atoms with van der Waals surface area (Å²) < 4.78 is 16.0. The summed E-state index contributed by atoms with van der Waals surface area (Å²) in [5.41, 5.74) is 6.91. The van der Waals surface area contributed by atoms with Gasteiger partial charge in [0.2, 0.25) is 6.10 Å². The molecule has 2 aromatic carbocycles. The fourth-order valence-electron chi connectivity index (χ4n) is 2.32. The van der Waals surface area contributed by atoms with Crippen molar-refractivity contribution in [1.82, 2.24) is 0 Å². The summed E-state index contributed by atoms with van der Waals surface area (Å²) in [6.45, 7) is 2.72. The van der Waals surface area contributed by atoms with E-state index in [4.69, 9.17) is 19.9 Å². The van der Waals surface area contributed by atoms with Gasteiger partial charge in [0.15, 0.2) is 0 Å². The van der Waals surface area contributed by atoms with Crippen LogP contribution in [0.1, 0.15) is 34.5 Å². The summed E-state index contributed by atoms with van der Waals surface area (Å²) in [5, 5.41) is 0. The van der Waals surface area contributed by atoms with Crippen molar-refractivity contribution in [3.05, 3.63) is 65.2 Å². The molecule has 2 rings (SSSR count). The largest absolute Gasteiger partial charge is 0.496 e. The number of hydrogen-bond acceptors (Lipinski definition) is 5. The minimum atomic E-state index is -1.15. The van der Waals surface area contributed by atoms with Crippen molar-refractivity contribution in [3.8, 4) is 5.75 Å². The smallest absolute Gasteiger partial charge is 0.339 e. The number of nitrogens with two attached hydrogens (primary N) is 1. The molecule has 0 unspecified atom stereocenters. The summed E-state index contributed by atoms with van der Waals surface area (Å²) in [7, 11) is 1.54. The number of hydrogen-bond donors (Lipinski definition) is 1. The molecule has 0 saturated heterocycles. The summed E-state index contributed by atoms with van der Waals surface area (Å²) >= 11 is 0. The van der Waals surface area contributed by atoms with Crippen LogP contribution in [0.4, 0.5) is 0 Å². The number of amides is 1. The van der Waals surface area contributed by atoms with E-state index in [-0.39, 0.29) is 5.56 Å². The molecule has 0 radical (unpaired) electrons. The SMILES string of the molecule is CCOCc1cc(C(=O)O[C@H](C(N)=O)c2ccccc2)ccc1OC. The van der Waals surface area contributed by atoms with E-state index in [2.05, 4.69) is 0 Å². The number of primary amides is 1. The first kappa shape index (κ1) is 18.5. The molecular formula is C19H21NO5. The molecule has 0 saturated carbocycles. The maximum Gasteiger partial charge on any atom is 0.339 e. The van der Waals surface area contributed by atoms with Crippen molar-refractivity contribution in [2.45, 2.75) is 19.6 Å². The van der Waals surface area contributed by atoms with Crippen LogP contribution in [0.5, 0.6) is 5.75 Å². The average Bonchev–Trinajstić information content (AvgIpc) is 2.64. The zero-order valence-corrected chi connectivity index (χ0v) is 14.2. The second-order valence-corrected chi connectivity index (χ2v) is 5.26. The van der Waals surface area contributed by atoms with Crippen LogP contribution >= 0.6 is 0 Å². The number of carbonyl (C=O) groups is 2. The Bertz CT molecular complexity index is 730. The van der Waals surface area contributed by atoms with E-state index in [1.807, 2.05) is 6.92 Å². The molecule has 0 heterocycles. The molecular weight excluding hydrogens is 322 g/mol. The Labute approximate surface area is 146 Å². The molecule has 6 heteroatoms. The predicted octanol–water partition coefficient (Wildman–Crippen LogP) is 2.62. The van der Waals surface area contributed by atoms with Crippen LogP contribution < -0.4 is 10.5 Å². The molecule has 1 atom stereocenters. The van der Waals surface area contributed by atoms with Crippen LogP contribution in [0.3, 0.4) is 0 Å². The summed E-state index contributed by atoms with van der Waals surface area (Å²) in [6.07, 6.45) is -1.15. The summed E-state index contributed by atoms with van der Waals surface area (Å²) in [6, 6.07) is 13.5. The molecule has 0 aliphatic carbocycles. The van der Waals surface area contributed by atoms with Gasteiger partial charge in [-0.05, 0) is 25.1 Å². The molecule has 2 aromatic rings. The van der Waals surface area contributed by atoms with Gasteiger partial charge < -0.3 is 19.9 Å². The first-order valence-corrected chi connectivity index (χ1v) is 7.86. The third kappa shape index (κ3) is 4.81. The monoisotopic (exact) mass is 343 g/mol. The maximum atomic E-state index is 12.4. The van der Waals surface area contributed by atoms with Crippen molar-refractivity contribution >= 4 is 11.9 Å². The van der Waals surface area contributed by atoms with Gasteiger partial charge in [-0.15, -0.1) is 0 Å². The fourth-order valence-corrected chi connectivity index (χ4v) is 2.32. The minimum Gasteiger partial charge on any atom is -0.496 e. The van der Waals surface area contributed by atoms with Crippen LogP contribution in [-0.4, -0.2) is 25.6 Å². The topological polar surface area (TPSA) is 87.9 Å². The molecule has 0 aliphatic heterocycles. The zero-order chi connectivity index (χ0) is 18.2. The first-order valence-electron chi connectivity index (χ1n) is 7.86. The number of methoxy groups -OCH3 is 1. The van der Waals surface area contributed by atoms with Gasteiger partial charge in [0.25, 0.3) is 5.91 Å². The number of carbonyl (C=O) groups excluding carboxylic acids is 2. The van der Waals surface area contributed by atoms with E-state index in [1.54, 1.807) is 55.6 Å². The Morgan fingerprint density at radius 1 is 1.12 bits per heavy atom. The van der Waals surface area contributed by atoms with E-state index in [1.165, 1.54) is 0 Å². The third-order valence-corrected chi connectivity index (χ3v) is 3.56. The van der Waals surface area contributed by atoms with Gasteiger partial charge in [-0.25, -0.2) is 4.79 Å². The molecule has 0 bridgehead atoms. The Kier molecular flexibility index (Phi) is 6.54. The van der Waals surface area contributed by atoms with Gasteiger partial charge >= 0.3 is 5.97 Å². The van der Waals surface area contributed by atoms with Crippen LogP contribution in [0.2, 0.25) is 0 Å². The molecule has 6 nitrogen and oxygen atoms in total. The highest BCUT2D eigenvalue weighted by Crippen LogP contribution is 2.23. The van der Waals surface area contributed by atoms with E-state index in [9.17, 15) is 9.59 Å². The second kappa shape index (κ2) is 8.84. The lowest BCUT2D eigenvalue weighted by atomic mass is 10.1. The maximum absolute atomic E-state index is 12.4. The van der Waals surface area contributed by atoms with Crippen LogP contribution in [0, 0.1) is 0 Å². The van der Waals surface area contributed by atoms with Crippen LogP contribution in [-0.2, 0) is 20.9 Å². The molecule has 25 heavy (non-hydrogen) atoms. The van der Waals surface area contributed by atoms with Crippen molar-refractivity contribution in [2.24, 2.45) is 5.73 Å². The molecule has 0 fully saturated rings. The predicted molar refractivity (Wildman–Crippen MR) is 92.1 cm³/mol. The minimum absolute atomic E-state index is 0.290. The highest BCUT2D eigenvalue weighted by Gasteiger charge is 2.23. The Balaban J connectivity index is 2.22. The number of ether oxygens (including phenoxy) is 3. The van der Waals surface area contributed by atoms with Gasteiger partial charge in [0, 0.05) is 17.7 Å². The zero-order valence-electron chi connectivity index (χ0n) is 14.2. The van der Waals surface area contributed by atoms with Gasteiger partial charge in [-0.3, -0.25) is 4.79 Å². The molecule has 0 aliphatic rings. The van der Waals surface area contributed by atoms with Crippen molar-refractivity contribution in [1.29, 1.82) is 0 Å². The van der Waals surface area contributed by atoms with Crippen LogP contribution in [0.15, 0.2) is 48.5 Å². The molecule has 2 N–H and O–H groups in total. The van der Waals surface area contributed by atoms with Gasteiger partial charge in [0.05, 0.1) is 19.3 Å². The van der Waals surface area contributed by atoms with Gasteiger partial charge in [-0.2, -0.15) is 0 Å². The molecule has 132 valence electrons. The van der Waals surface area contributed by atoms with Crippen molar-refractivity contribution in [2.75, 3.05) is 13.7 Å². The molecule has 0 spiro atoms. The highest BCUT2D eigenvalue weighted by molar-refractivity contribution is 5.92. The van der Waals surface area contributed by atoms with Crippen molar-refractivity contribution in [3.63, 3.8) is 0 Å². The number of esters is 1. The lowest BCUT2D eigenvalue weighted by Crippen LogP contribution is -2.26. The quantitative estimate of drug-likeness (QED) is 0.744. The Morgan fingerprint density at radius 3 is 2.44 bits per heavy atom. The standard InChI is InChI=1S/C19H21NO5/c1-3-24-12-15-11-14(9-10-16(15)23-2)19(22)25-17(18(20)21)13-7-5-4-6-8-13/h4-11,17H,3,12H2,1-2H3,(H2,20,21)/t17-/m0/s1. The summed E-state index contributed by atoms with van der Waals surface area (Å²) in [5.74, 6) is -0.768. The lowest BCUT2D eigenvalue weighted by molar-refractivity contribution is -0.127. The number of rotatable bonds is 8. The number of benzene rings is 2. The van der Waals surface area contributed by atoms with Gasteiger partial charge in [-0.1, -0.05) is 30.3 Å². The second-order valence-electron chi connectivity index (χ2n) is 5.26. The Morgan fingerprint density at radius 2 is 1.84 bits per heavy atom. The average molecular weight is 343 g/mol. The molecule has 1 amide bonds. The van der Waals surface area contributed by atoms with Crippen LogP contribution in [0.25, 0.3) is 0 Å². The normalized spacial score (nSPS) is 11.6. The first-order chi connectivity index (χ1) is 12.1. The lowest BCUT2D eigenvalue weighted by Gasteiger charge is -2.16. The van der Waals surface area contributed by atoms with Crippen molar-refractivity contribution < 1.29 is 23.8 Å². The van der Waals surface area contributed by atoms with E-state index >= 15 is 0 Å². The fraction of sp³-hybridized carbons (Fsp3) is 0.263. The van der Waals surface area contributed by atoms with E-state index < -0.39 is 18.0 Å².